The van der Waals surface area contributed by atoms with Crippen LogP contribution in [0, 0.1) is 0 Å². The van der Waals surface area contributed by atoms with Crippen molar-refractivity contribution in [2.24, 2.45) is 5.73 Å². The van der Waals surface area contributed by atoms with Crippen molar-refractivity contribution in [3.05, 3.63) is 18.0 Å². The molecule has 0 saturated carbocycles. The monoisotopic (exact) mass is 315 g/mol. The van der Waals surface area contributed by atoms with Gasteiger partial charge in [0, 0.05) is 38.1 Å². The Morgan fingerprint density at radius 3 is 2.10 bits per heavy atom. The highest BCUT2D eigenvalue weighted by atomic mass is 32.2. The Labute approximate surface area is 129 Å². The van der Waals surface area contributed by atoms with Crippen LogP contribution in [0.1, 0.15) is 52.1 Å². The second-order valence-electron chi connectivity index (χ2n) is 5.27. The number of nitrogens with zero attached hydrogens (tertiary/aromatic N) is 2. The summed E-state index contributed by atoms with van der Waals surface area (Å²) < 4.78 is 29.2. The van der Waals surface area contributed by atoms with Gasteiger partial charge in [-0.3, -0.25) is 0 Å². The van der Waals surface area contributed by atoms with E-state index >= 15 is 0 Å². The fourth-order valence-electron chi connectivity index (χ4n) is 2.30. The fraction of sp³-hybridized carbons (Fsp3) is 0.733. The summed E-state index contributed by atoms with van der Waals surface area (Å²) in [6.07, 6.45) is 5.47. The van der Waals surface area contributed by atoms with E-state index in [9.17, 15) is 8.42 Å². The molecule has 0 fully saturated rings. The Morgan fingerprint density at radius 2 is 1.71 bits per heavy atom. The van der Waals surface area contributed by atoms with Gasteiger partial charge in [0.05, 0.1) is 0 Å². The number of nitrogens with two attached hydrogens (primary N) is 1. The van der Waals surface area contributed by atoms with Gasteiger partial charge in [-0.25, -0.2) is 8.42 Å². The van der Waals surface area contributed by atoms with Crippen LogP contribution in [0.2, 0.25) is 0 Å². The van der Waals surface area contributed by atoms with Crippen LogP contribution in [0.3, 0.4) is 0 Å². The van der Waals surface area contributed by atoms with Crippen molar-refractivity contribution in [3.63, 3.8) is 0 Å². The molecule has 6 heteroatoms. The third-order valence-corrected chi connectivity index (χ3v) is 5.53. The van der Waals surface area contributed by atoms with Gasteiger partial charge in [0.1, 0.15) is 4.90 Å². The van der Waals surface area contributed by atoms with Gasteiger partial charge in [0.2, 0.25) is 10.0 Å². The quantitative estimate of drug-likeness (QED) is 0.721. The lowest BCUT2D eigenvalue weighted by atomic mass is 10.3. The molecule has 1 rings (SSSR count). The van der Waals surface area contributed by atoms with Crippen molar-refractivity contribution in [1.82, 2.24) is 8.87 Å². The van der Waals surface area contributed by atoms with E-state index in [0.717, 1.165) is 37.9 Å². The predicted molar refractivity (Wildman–Crippen MR) is 86.6 cm³/mol. The Balaban J connectivity index is 3.05. The molecule has 21 heavy (non-hydrogen) atoms. The zero-order valence-corrected chi connectivity index (χ0v) is 14.3. The van der Waals surface area contributed by atoms with Crippen molar-refractivity contribution in [3.8, 4) is 0 Å². The Morgan fingerprint density at radius 1 is 1.14 bits per heavy atom. The van der Waals surface area contributed by atoms with E-state index in [1.165, 1.54) is 0 Å². The minimum atomic E-state index is -3.41. The number of sulfonamides is 1. The molecule has 5 nitrogen and oxygen atoms in total. The lowest BCUT2D eigenvalue weighted by Gasteiger charge is -2.21. The first-order valence-corrected chi connectivity index (χ1v) is 9.34. The average Bonchev–Trinajstić information content (AvgIpc) is 2.91. The molecule has 0 aliphatic carbocycles. The van der Waals surface area contributed by atoms with Crippen molar-refractivity contribution >= 4 is 10.0 Å². The zero-order chi connectivity index (χ0) is 15.9. The molecule has 122 valence electrons. The molecule has 0 atom stereocenters. The normalized spacial score (nSPS) is 12.2. The fourth-order valence-corrected chi connectivity index (χ4v) is 3.89. The molecule has 1 aromatic rings. The largest absolute Gasteiger partial charge is 0.349 e. The van der Waals surface area contributed by atoms with E-state index < -0.39 is 10.0 Å². The summed E-state index contributed by atoms with van der Waals surface area (Å²) in [6.45, 7) is 8.40. The highest BCUT2D eigenvalue weighted by Crippen LogP contribution is 2.20. The summed E-state index contributed by atoms with van der Waals surface area (Å²) in [5.41, 5.74) is 6.55. The lowest BCUT2D eigenvalue weighted by Crippen LogP contribution is -2.32. The number of rotatable bonds is 10. The van der Waals surface area contributed by atoms with Crippen molar-refractivity contribution in [2.45, 2.75) is 64.4 Å². The summed E-state index contributed by atoms with van der Waals surface area (Å²) in [7, 11) is -3.41. The summed E-state index contributed by atoms with van der Waals surface area (Å²) in [4.78, 5) is 0.372. The standard InChI is InChI=1S/C15H29N3O2S/c1-4-7-9-18(10-8-5-2)21(19,20)15-11-14(12-16)17(6-3)13-15/h11,13H,4-10,12,16H2,1-3H3. The Bertz CT molecular complexity index is 494. The van der Waals surface area contributed by atoms with Gasteiger partial charge in [-0.15, -0.1) is 0 Å². The summed E-state index contributed by atoms with van der Waals surface area (Å²) in [5, 5.41) is 0. The van der Waals surface area contributed by atoms with E-state index in [1.54, 1.807) is 16.6 Å². The zero-order valence-electron chi connectivity index (χ0n) is 13.5. The van der Waals surface area contributed by atoms with Crippen molar-refractivity contribution in [2.75, 3.05) is 13.1 Å². The van der Waals surface area contributed by atoms with Crippen LogP contribution in [0.25, 0.3) is 0 Å². The third kappa shape index (κ3) is 4.56. The molecule has 0 saturated heterocycles. The van der Waals surface area contributed by atoms with Gasteiger partial charge in [-0.05, 0) is 25.8 Å². The first-order chi connectivity index (χ1) is 10.0. The summed E-state index contributed by atoms with van der Waals surface area (Å²) in [6, 6.07) is 1.71. The highest BCUT2D eigenvalue weighted by molar-refractivity contribution is 7.89. The minimum Gasteiger partial charge on any atom is -0.349 e. The predicted octanol–water partition coefficient (Wildman–Crippen LogP) is 2.56. The van der Waals surface area contributed by atoms with Gasteiger partial charge in [-0.1, -0.05) is 26.7 Å². The topological polar surface area (TPSA) is 68.3 Å². The maximum absolute atomic E-state index is 12.8. The smallest absolute Gasteiger partial charge is 0.244 e. The van der Waals surface area contributed by atoms with E-state index in [-0.39, 0.29) is 0 Å². The van der Waals surface area contributed by atoms with Gasteiger partial charge in [-0.2, -0.15) is 4.31 Å². The number of hydrogen-bond donors (Lipinski definition) is 1. The Hall–Kier alpha value is -0.850. The van der Waals surface area contributed by atoms with E-state index in [2.05, 4.69) is 13.8 Å². The van der Waals surface area contributed by atoms with Gasteiger partial charge < -0.3 is 10.3 Å². The van der Waals surface area contributed by atoms with E-state index in [4.69, 9.17) is 5.73 Å². The van der Waals surface area contributed by atoms with Gasteiger partial charge in [0.25, 0.3) is 0 Å². The van der Waals surface area contributed by atoms with Crippen molar-refractivity contribution < 1.29 is 8.42 Å². The molecule has 0 amide bonds. The Kier molecular flexibility index (Phi) is 7.42. The van der Waals surface area contributed by atoms with Gasteiger partial charge >= 0.3 is 0 Å². The van der Waals surface area contributed by atoms with Crippen LogP contribution in [-0.4, -0.2) is 30.4 Å². The molecule has 0 aliphatic heterocycles. The first-order valence-electron chi connectivity index (χ1n) is 7.90. The highest BCUT2D eigenvalue weighted by Gasteiger charge is 2.25. The second-order valence-corrected chi connectivity index (χ2v) is 7.21. The van der Waals surface area contributed by atoms with Gasteiger partial charge in [0.15, 0.2) is 0 Å². The summed E-state index contributed by atoms with van der Waals surface area (Å²) >= 11 is 0. The molecule has 1 heterocycles. The molecule has 0 spiro atoms. The van der Waals surface area contributed by atoms with Crippen LogP contribution in [0.5, 0.6) is 0 Å². The van der Waals surface area contributed by atoms with Crippen LogP contribution in [-0.2, 0) is 23.1 Å². The lowest BCUT2D eigenvalue weighted by molar-refractivity contribution is 0.395. The van der Waals surface area contributed by atoms with E-state index in [1.807, 2.05) is 11.5 Å². The minimum absolute atomic E-state index is 0.354. The van der Waals surface area contributed by atoms with Crippen LogP contribution in [0.4, 0.5) is 0 Å². The maximum atomic E-state index is 12.8. The molecule has 0 radical (unpaired) electrons. The van der Waals surface area contributed by atoms with Crippen LogP contribution >= 0.6 is 0 Å². The summed E-state index contributed by atoms with van der Waals surface area (Å²) in [5.74, 6) is 0. The third-order valence-electron chi connectivity index (χ3n) is 3.67. The number of aromatic nitrogens is 1. The molecular formula is C15H29N3O2S. The van der Waals surface area contributed by atoms with Crippen LogP contribution in [0.15, 0.2) is 17.2 Å². The molecule has 0 unspecified atom stereocenters. The molecule has 0 aliphatic rings. The number of aryl methyl sites for hydroxylation is 1. The number of unbranched alkanes of at least 4 members (excludes halogenated alkanes) is 2. The maximum Gasteiger partial charge on any atom is 0.244 e. The SMILES string of the molecule is CCCCN(CCCC)S(=O)(=O)c1cc(CN)n(CC)c1. The molecule has 0 aromatic carbocycles. The number of hydrogen-bond acceptors (Lipinski definition) is 3. The van der Waals surface area contributed by atoms with Crippen LogP contribution < -0.4 is 5.73 Å². The molecular weight excluding hydrogens is 286 g/mol. The second kappa shape index (κ2) is 8.56. The first kappa shape index (κ1) is 18.2. The van der Waals surface area contributed by atoms with Crippen molar-refractivity contribution in [1.29, 1.82) is 0 Å². The molecule has 2 N–H and O–H groups in total. The molecule has 1 aromatic heterocycles. The van der Waals surface area contributed by atoms with E-state index in [0.29, 0.717) is 24.5 Å². The average molecular weight is 315 g/mol. The molecule has 0 bridgehead atoms.